The summed E-state index contributed by atoms with van der Waals surface area (Å²) >= 11 is 1.43. The van der Waals surface area contributed by atoms with E-state index in [1.165, 1.54) is 11.8 Å². The van der Waals surface area contributed by atoms with Crippen molar-refractivity contribution in [2.45, 2.75) is 29.7 Å². The molecule has 3 aromatic rings. The second-order valence-corrected chi connectivity index (χ2v) is 10.0. The summed E-state index contributed by atoms with van der Waals surface area (Å²) in [7, 11) is 0. The second-order valence-electron chi connectivity index (χ2n) is 8.81. The van der Waals surface area contributed by atoms with Crippen molar-refractivity contribution < 1.29 is 29.4 Å². The van der Waals surface area contributed by atoms with Crippen molar-refractivity contribution in [1.82, 2.24) is 10.6 Å². The summed E-state index contributed by atoms with van der Waals surface area (Å²) in [5.41, 5.74) is 8.38. The summed E-state index contributed by atoms with van der Waals surface area (Å²) in [4.78, 5) is 47.8. The maximum atomic E-state index is 13.0. The minimum Gasteiger partial charge on any atom is -0.480 e. The molecule has 9 nitrogen and oxygen atoms in total. The standard InChI is InChI=1S/C29H31N3O6S/c30-23(28(37)38)16-17-25(33)32-24(27(36)31-18-26(34)35)19-39-29(20-10-4-1-5-11-20,21-12-6-2-7-13-21)22-14-8-3-9-15-22/h1-15,23-24H,16-19,30H2,(H,31,36)(H,32,33)(H,34,35)(H,37,38). The molecule has 0 saturated heterocycles. The Morgan fingerprint density at radius 2 is 1.26 bits per heavy atom. The lowest BCUT2D eigenvalue weighted by Crippen LogP contribution is -2.50. The molecule has 0 fully saturated rings. The minimum atomic E-state index is -1.23. The van der Waals surface area contributed by atoms with Crippen LogP contribution in [0, 0.1) is 0 Å². The van der Waals surface area contributed by atoms with Crippen LogP contribution in [0.1, 0.15) is 29.5 Å². The monoisotopic (exact) mass is 549 g/mol. The molecule has 6 N–H and O–H groups in total. The zero-order valence-corrected chi connectivity index (χ0v) is 22.0. The number of hydrogen-bond acceptors (Lipinski definition) is 6. The van der Waals surface area contributed by atoms with Crippen LogP contribution in [-0.4, -0.2) is 58.3 Å². The highest BCUT2D eigenvalue weighted by Crippen LogP contribution is 2.48. The van der Waals surface area contributed by atoms with E-state index in [1.807, 2.05) is 91.0 Å². The summed E-state index contributed by atoms with van der Waals surface area (Å²) in [5.74, 6) is -3.59. The number of carboxylic acids is 2. The number of carbonyl (C=O) groups is 4. The molecule has 0 bridgehead atoms. The Bertz CT molecular complexity index is 1160. The third kappa shape index (κ3) is 7.92. The van der Waals surface area contributed by atoms with Crippen LogP contribution in [0.5, 0.6) is 0 Å². The van der Waals surface area contributed by atoms with Crippen LogP contribution >= 0.6 is 11.8 Å². The van der Waals surface area contributed by atoms with Crippen LogP contribution in [0.2, 0.25) is 0 Å². The van der Waals surface area contributed by atoms with Crippen LogP contribution in [0.4, 0.5) is 0 Å². The summed E-state index contributed by atoms with van der Waals surface area (Å²) in [6.07, 6.45) is -0.318. The molecule has 0 aliphatic carbocycles. The van der Waals surface area contributed by atoms with E-state index in [0.717, 1.165) is 16.7 Å². The highest BCUT2D eigenvalue weighted by molar-refractivity contribution is 8.00. The van der Waals surface area contributed by atoms with Crippen molar-refractivity contribution >= 4 is 35.5 Å². The van der Waals surface area contributed by atoms with Crippen molar-refractivity contribution in [3.05, 3.63) is 108 Å². The molecule has 3 rings (SSSR count). The number of hydrogen-bond donors (Lipinski definition) is 5. The third-order valence-electron chi connectivity index (χ3n) is 6.07. The first kappa shape index (κ1) is 29.4. The zero-order chi connectivity index (χ0) is 28.3. The zero-order valence-electron chi connectivity index (χ0n) is 21.2. The molecule has 204 valence electrons. The van der Waals surface area contributed by atoms with Gasteiger partial charge in [0.1, 0.15) is 18.6 Å². The topological polar surface area (TPSA) is 159 Å². The number of nitrogens with one attached hydrogen (secondary N) is 2. The third-order valence-corrected chi connectivity index (χ3v) is 7.71. The van der Waals surface area contributed by atoms with E-state index < -0.39 is 47.1 Å². The van der Waals surface area contributed by atoms with Crippen LogP contribution in [0.25, 0.3) is 0 Å². The maximum Gasteiger partial charge on any atom is 0.322 e. The maximum absolute atomic E-state index is 13.0. The van der Waals surface area contributed by atoms with Gasteiger partial charge in [-0.15, -0.1) is 11.8 Å². The van der Waals surface area contributed by atoms with Gasteiger partial charge in [0.2, 0.25) is 11.8 Å². The van der Waals surface area contributed by atoms with E-state index >= 15 is 0 Å². The number of carboxylic acid groups (broad SMARTS) is 2. The highest BCUT2D eigenvalue weighted by atomic mass is 32.2. The van der Waals surface area contributed by atoms with E-state index in [4.69, 9.17) is 15.9 Å². The van der Waals surface area contributed by atoms with Crippen molar-refractivity contribution in [2.24, 2.45) is 5.73 Å². The van der Waals surface area contributed by atoms with Gasteiger partial charge < -0.3 is 26.6 Å². The Hall–Kier alpha value is -4.15. The van der Waals surface area contributed by atoms with Crippen LogP contribution in [-0.2, 0) is 23.9 Å². The Balaban J connectivity index is 1.98. The fraction of sp³-hybridized carbons (Fsp3) is 0.241. The average Bonchev–Trinajstić information content (AvgIpc) is 2.95. The molecule has 0 spiro atoms. The second kappa shape index (κ2) is 14.1. The van der Waals surface area contributed by atoms with Crippen molar-refractivity contribution in [3.63, 3.8) is 0 Å². The Kier molecular flexibility index (Phi) is 10.7. The number of thioether (sulfide) groups is 1. The van der Waals surface area contributed by atoms with Crippen LogP contribution in [0.3, 0.4) is 0 Å². The first-order valence-electron chi connectivity index (χ1n) is 12.3. The number of aliphatic carboxylic acids is 2. The average molecular weight is 550 g/mol. The SMILES string of the molecule is NC(CCC(=O)NC(CSC(c1ccccc1)(c1ccccc1)c1ccccc1)C(=O)NCC(=O)O)C(=O)O. The Morgan fingerprint density at radius 3 is 1.67 bits per heavy atom. The molecular formula is C29H31N3O6S. The molecule has 0 aliphatic heterocycles. The molecule has 0 aromatic heterocycles. The van der Waals surface area contributed by atoms with Gasteiger partial charge in [-0.05, 0) is 23.1 Å². The van der Waals surface area contributed by atoms with E-state index in [1.54, 1.807) is 0 Å². The number of rotatable bonds is 14. The highest BCUT2D eigenvalue weighted by Gasteiger charge is 2.38. The molecule has 39 heavy (non-hydrogen) atoms. The molecule has 0 radical (unpaired) electrons. The van der Waals surface area contributed by atoms with Gasteiger partial charge >= 0.3 is 11.9 Å². The molecule has 2 amide bonds. The number of nitrogens with two attached hydrogens (primary N) is 1. The molecule has 2 unspecified atom stereocenters. The molecule has 2 atom stereocenters. The normalized spacial score (nSPS) is 12.6. The molecular weight excluding hydrogens is 518 g/mol. The summed E-state index contributed by atoms with van der Waals surface area (Å²) < 4.78 is -0.772. The predicted molar refractivity (Wildman–Crippen MR) is 149 cm³/mol. The van der Waals surface area contributed by atoms with Gasteiger partial charge in [0.05, 0.1) is 4.75 Å². The quantitative estimate of drug-likeness (QED) is 0.192. The van der Waals surface area contributed by atoms with Crippen molar-refractivity contribution in [2.75, 3.05) is 12.3 Å². The lowest BCUT2D eigenvalue weighted by molar-refractivity contribution is -0.139. The fourth-order valence-electron chi connectivity index (χ4n) is 4.12. The first-order valence-corrected chi connectivity index (χ1v) is 13.3. The summed E-state index contributed by atoms with van der Waals surface area (Å²) in [5, 5.41) is 23.0. The van der Waals surface area contributed by atoms with Crippen LogP contribution < -0.4 is 16.4 Å². The lowest BCUT2D eigenvalue weighted by atomic mass is 9.84. The molecule has 0 saturated carbocycles. The fourth-order valence-corrected chi connectivity index (χ4v) is 5.68. The van der Waals surface area contributed by atoms with Gasteiger partial charge in [0, 0.05) is 12.2 Å². The molecule has 0 aliphatic rings. The van der Waals surface area contributed by atoms with Crippen LogP contribution in [0.15, 0.2) is 91.0 Å². The number of benzene rings is 3. The van der Waals surface area contributed by atoms with Gasteiger partial charge in [0.15, 0.2) is 0 Å². The summed E-state index contributed by atoms with van der Waals surface area (Å²) in [6, 6.07) is 27.0. The lowest BCUT2D eigenvalue weighted by Gasteiger charge is -2.36. The van der Waals surface area contributed by atoms with Gasteiger partial charge in [-0.25, -0.2) is 0 Å². The Morgan fingerprint density at radius 1 is 0.795 bits per heavy atom. The Labute approximate surface area is 230 Å². The van der Waals surface area contributed by atoms with E-state index in [-0.39, 0.29) is 18.6 Å². The number of amides is 2. The van der Waals surface area contributed by atoms with E-state index in [2.05, 4.69) is 10.6 Å². The van der Waals surface area contributed by atoms with Gasteiger partial charge in [-0.3, -0.25) is 19.2 Å². The molecule has 0 heterocycles. The van der Waals surface area contributed by atoms with Gasteiger partial charge in [-0.2, -0.15) is 0 Å². The largest absolute Gasteiger partial charge is 0.480 e. The number of carbonyl (C=O) groups excluding carboxylic acids is 2. The van der Waals surface area contributed by atoms with Gasteiger partial charge in [0.25, 0.3) is 0 Å². The van der Waals surface area contributed by atoms with E-state index in [9.17, 15) is 19.2 Å². The first-order chi connectivity index (χ1) is 18.7. The summed E-state index contributed by atoms with van der Waals surface area (Å²) in [6.45, 7) is -0.610. The molecule has 10 heteroatoms. The molecule has 3 aromatic carbocycles. The van der Waals surface area contributed by atoms with E-state index in [0.29, 0.717) is 0 Å². The smallest absolute Gasteiger partial charge is 0.322 e. The van der Waals surface area contributed by atoms with Crippen molar-refractivity contribution in [3.8, 4) is 0 Å². The predicted octanol–water partition coefficient (Wildman–Crippen LogP) is 2.59. The van der Waals surface area contributed by atoms with Crippen molar-refractivity contribution in [1.29, 1.82) is 0 Å². The minimum absolute atomic E-state index is 0.0842. The van der Waals surface area contributed by atoms with Gasteiger partial charge in [-0.1, -0.05) is 91.0 Å².